The van der Waals surface area contributed by atoms with Gasteiger partial charge in [0, 0.05) is 46.6 Å². The molecule has 1 aromatic carbocycles. The van der Waals surface area contributed by atoms with E-state index < -0.39 is 35.5 Å². The molecule has 248 valence electrons. The fraction of sp³-hybridized carbons (Fsp3) is 0.353. The normalized spacial score (nSPS) is 20.4. The zero-order valence-corrected chi connectivity index (χ0v) is 26.7. The predicted molar refractivity (Wildman–Crippen MR) is 168 cm³/mol. The predicted octanol–water partition coefficient (Wildman–Crippen LogP) is 6.05. The van der Waals surface area contributed by atoms with Crippen LogP contribution in [0, 0.1) is 32.0 Å². The standard InChI is InChI=1S/C34H31F4N7O3/c1-16-8-21(20-6-7-28-39-19(4)42-44(28)13-20)9-22-23(18(3)46)14-43(30(16)22)15-29(47)45-25(11-33(5)12-27(33)45)32(48)41-31-17(2)24(35)10-26(40-31)34(36,37)38/h6-10,13-14,25,27H,11-12,15H2,1-5H3,(H,40,41,48)/t25-,27+,33-/m0/s1. The van der Waals surface area contributed by atoms with Gasteiger partial charge in [0.05, 0.1) is 5.52 Å². The number of aryl methyl sites for hydroxylation is 2. The lowest BCUT2D eigenvalue weighted by molar-refractivity contribution is -0.141. The lowest BCUT2D eigenvalue weighted by Gasteiger charge is -2.27. The van der Waals surface area contributed by atoms with Crippen LogP contribution in [0.25, 0.3) is 27.7 Å². The summed E-state index contributed by atoms with van der Waals surface area (Å²) in [6, 6.07) is 6.69. The molecule has 1 N–H and O–H groups in total. The van der Waals surface area contributed by atoms with Gasteiger partial charge in [-0.1, -0.05) is 6.92 Å². The maximum Gasteiger partial charge on any atom is 0.433 e. The second-order valence-electron chi connectivity index (χ2n) is 13.1. The number of likely N-dealkylation sites (tertiary alicyclic amines) is 1. The monoisotopic (exact) mass is 661 g/mol. The Morgan fingerprint density at radius 1 is 1.02 bits per heavy atom. The van der Waals surface area contributed by atoms with Crippen LogP contribution in [-0.4, -0.2) is 58.7 Å². The van der Waals surface area contributed by atoms with E-state index in [9.17, 15) is 31.9 Å². The number of halogens is 4. The van der Waals surface area contributed by atoms with Crippen molar-refractivity contribution < 1.29 is 31.9 Å². The molecule has 1 aliphatic carbocycles. The van der Waals surface area contributed by atoms with Gasteiger partial charge < -0.3 is 14.8 Å². The van der Waals surface area contributed by atoms with Crippen molar-refractivity contribution in [1.82, 2.24) is 29.0 Å². The van der Waals surface area contributed by atoms with Crippen LogP contribution in [-0.2, 0) is 22.3 Å². The first-order valence-corrected chi connectivity index (χ1v) is 15.4. The van der Waals surface area contributed by atoms with Gasteiger partial charge in [0.25, 0.3) is 0 Å². The Labute approximate surface area is 271 Å². The maximum absolute atomic E-state index is 14.4. The summed E-state index contributed by atoms with van der Waals surface area (Å²) in [4.78, 5) is 49.7. The Hall–Kier alpha value is -5.14. The zero-order chi connectivity index (χ0) is 34.4. The molecule has 5 heterocycles. The SMILES string of the molecule is CC(=O)c1cn(CC(=O)N2[C@H](C(=O)Nc3nc(C(F)(F)F)cc(F)c3C)C[C@@]3(C)C[C@@H]23)c2c(C)cc(-c3ccc4nc(C)nn4c3)cc12. The largest absolute Gasteiger partial charge is 0.433 e. The molecule has 0 radical (unpaired) electrons. The van der Waals surface area contributed by atoms with Gasteiger partial charge >= 0.3 is 6.18 Å². The molecule has 2 fully saturated rings. The maximum atomic E-state index is 14.4. The Kier molecular flexibility index (Phi) is 7.01. The molecule has 0 bridgehead atoms. The van der Waals surface area contributed by atoms with Crippen LogP contribution in [0.4, 0.5) is 23.4 Å². The number of pyridine rings is 2. The minimum absolute atomic E-state index is 0.181. The summed E-state index contributed by atoms with van der Waals surface area (Å²) in [5.41, 5.74) is 2.30. The van der Waals surface area contributed by atoms with E-state index in [2.05, 4.69) is 20.4 Å². The molecular weight excluding hydrogens is 630 g/mol. The second kappa shape index (κ2) is 10.7. The van der Waals surface area contributed by atoms with Crippen LogP contribution in [0.1, 0.15) is 59.7 Å². The molecule has 2 aliphatic rings. The Morgan fingerprint density at radius 3 is 2.48 bits per heavy atom. The first-order valence-electron chi connectivity index (χ1n) is 15.4. The first-order chi connectivity index (χ1) is 22.5. The Morgan fingerprint density at radius 2 is 1.77 bits per heavy atom. The minimum Gasteiger partial charge on any atom is -0.337 e. The summed E-state index contributed by atoms with van der Waals surface area (Å²) in [5, 5.41) is 7.42. The fourth-order valence-electron chi connectivity index (χ4n) is 7.03. The van der Waals surface area contributed by atoms with Gasteiger partial charge in [-0.25, -0.2) is 18.9 Å². The number of amides is 2. The highest BCUT2D eigenvalue weighted by Gasteiger charge is 2.64. The molecule has 10 nitrogen and oxygen atoms in total. The van der Waals surface area contributed by atoms with E-state index in [0.717, 1.165) is 16.7 Å². The number of alkyl halides is 3. The van der Waals surface area contributed by atoms with Crippen molar-refractivity contribution in [3.05, 3.63) is 76.8 Å². The number of anilines is 1. The topological polar surface area (TPSA) is 114 Å². The highest BCUT2D eigenvalue weighted by Crippen LogP contribution is 2.59. The van der Waals surface area contributed by atoms with Gasteiger partial charge in [0.15, 0.2) is 11.4 Å². The van der Waals surface area contributed by atoms with E-state index in [1.165, 1.54) is 18.7 Å². The first kappa shape index (κ1) is 31.5. The summed E-state index contributed by atoms with van der Waals surface area (Å²) >= 11 is 0. The van der Waals surface area contributed by atoms with E-state index in [-0.39, 0.29) is 41.3 Å². The number of nitrogens with zero attached hydrogens (tertiary/aromatic N) is 6. The van der Waals surface area contributed by atoms with Crippen molar-refractivity contribution in [3.63, 3.8) is 0 Å². The van der Waals surface area contributed by atoms with Gasteiger partial charge in [0.2, 0.25) is 11.8 Å². The highest BCUT2D eigenvalue weighted by atomic mass is 19.4. The lowest BCUT2D eigenvalue weighted by Crippen LogP contribution is -2.46. The molecule has 14 heteroatoms. The highest BCUT2D eigenvalue weighted by molar-refractivity contribution is 6.09. The third-order valence-corrected chi connectivity index (χ3v) is 9.58. The smallest absolute Gasteiger partial charge is 0.337 e. The molecule has 1 aliphatic heterocycles. The molecule has 0 unspecified atom stereocenters. The summed E-state index contributed by atoms with van der Waals surface area (Å²) < 4.78 is 57.8. The number of fused-ring (bicyclic) bond motifs is 3. The van der Waals surface area contributed by atoms with Crippen LogP contribution in [0.15, 0.2) is 42.7 Å². The summed E-state index contributed by atoms with van der Waals surface area (Å²) in [6.07, 6.45) is -0.457. The molecule has 4 aromatic heterocycles. The molecule has 3 atom stereocenters. The van der Waals surface area contributed by atoms with Crippen LogP contribution in [0.2, 0.25) is 0 Å². The molecule has 2 amide bonds. The van der Waals surface area contributed by atoms with Crippen LogP contribution in [0.3, 0.4) is 0 Å². The summed E-state index contributed by atoms with van der Waals surface area (Å²) in [7, 11) is 0. The van der Waals surface area contributed by atoms with Crippen molar-refractivity contribution >= 4 is 40.0 Å². The van der Waals surface area contributed by atoms with Crippen molar-refractivity contribution in [2.24, 2.45) is 5.41 Å². The molecule has 7 rings (SSSR count). The number of hydrogen-bond donors (Lipinski definition) is 1. The third-order valence-electron chi connectivity index (χ3n) is 9.58. The van der Waals surface area contributed by atoms with Gasteiger partial charge in [-0.15, -0.1) is 0 Å². The van der Waals surface area contributed by atoms with Crippen molar-refractivity contribution in [3.8, 4) is 11.1 Å². The van der Waals surface area contributed by atoms with Crippen molar-refractivity contribution in [2.75, 3.05) is 5.32 Å². The number of hydrogen-bond acceptors (Lipinski definition) is 6. The molecule has 48 heavy (non-hydrogen) atoms. The van der Waals surface area contributed by atoms with Gasteiger partial charge in [0.1, 0.15) is 35.7 Å². The van der Waals surface area contributed by atoms with Crippen molar-refractivity contribution in [2.45, 2.75) is 72.3 Å². The summed E-state index contributed by atoms with van der Waals surface area (Å²) in [5.74, 6) is -2.38. The van der Waals surface area contributed by atoms with Crippen molar-refractivity contribution in [1.29, 1.82) is 0 Å². The van der Waals surface area contributed by atoms with Crippen LogP contribution >= 0.6 is 0 Å². The zero-order valence-electron chi connectivity index (χ0n) is 26.7. The molecule has 5 aromatic rings. The van der Waals surface area contributed by atoms with Gasteiger partial charge in [-0.3, -0.25) is 14.4 Å². The average molecular weight is 662 g/mol. The van der Waals surface area contributed by atoms with E-state index in [1.54, 1.807) is 15.3 Å². The molecule has 0 spiro atoms. The Bertz CT molecular complexity index is 2200. The van der Waals surface area contributed by atoms with E-state index >= 15 is 0 Å². The van der Waals surface area contributed by atoms with Gasteiger partial charge in [-0.2, -0.15) is 18.3 Å². The third kappa shape index (κ3) is 5.19. The number of aromatic nitrogens is 5. The number of nitrogens with one attached hydrogen (secondary N) is 1. The fourth-order valence-corrected chi connectivity index (χ4v) is 7.03. The molecule has 1 saturated heterocycles. The Balaban J connectivity index is 1.20. The van der Waals surface area contributed by atoms with Gasteiger partial charge in [-0.05, 0) is 81.3 Å². The van der Waals surface area contributed by atoms with E-state index in [4.69, 9.17) is 0 Å². The number of ketones is 1. The molecule has 1 saturated carbocycles. The quantitative estimate of drug-likeness (QED) is 0.175. The van der Waals surface area contributed by atoms with Crippen LogP contribution < -0.4 is 5.32 Å². The molecular formula is C34H31F4N7O3. The number of piperidine rings is 1. The van der Waals surface area contributed by atoms with E-state index in [1.807, 2.05) is 51.2 Å². The average Bonchev–Trinajstić information content (AvgIpc) is 3.27. The number of carbonyl (C=O) groups is 3. The van der Waals surface area contributed by atoms with Crippen LogP contribution in [0.5, 0.6) is 0 Å². The lowest BCUT2D eigenvalue weighted by atomic mass is 9.99. The minimum atomic E-state index is -4.92. The summed E-state index contributed by atoms with van der Waals surface area (Å²) in [6.45, 7) is 8.14. The number of benzene rings is 1. The number of Topliss-reactive ketones (excluding diaryl/α,β-unsaturated/α-hetero) is 1. The van der Waals surface area contributed by atoms with E-state index in [0.29, 0.717) is 40.8 Å². The second-order valence-corrected chi connectivity index (χ2v) is 13.1. The number of carbonyl (C=O) groups excluding carboxylic acids is 3. The number of rotatable bonds is 6.